The molecule has 3 rings (SSSR count). The van der Waals surface area contributed by atoms with Crippen molar-refractivity contribution >= 4 is 42.1 Å². The topological polar surface area (TPSA) is 47.6 Å². The average Bonchev–Trinajstić information content (AvgIpc) is 3.11. The van der Waals surface area contributed by atoms with Gasteiger partial charge in [-0.05, 0) is 25.0 Å². The normalized spacial score (nSPS) is 19.3. The van der Waals surface area contributed by atoms with Gasteiger partial charge in [-0.2, -0.15) is 0 Å². The molecule has 1 amide bonds. The van der Waals surface area contributed by atoms with Crippen molar-refractivity contribution in [1.29, 1.82) is 0 Å². The Morgan fingerprint density at radius 2 is 1.82 bits per heavy atom. The summed E-state index contributed by atoms with van der Waals surface area (Å²) in [5.41, 5.74) is 2.99. The molecule has 0 aliphatic carbocycles. The van der Waals surface area contributed by atoms with E-state index < -0.39 is 0 Å². The third kappa shape index (κ3) is 5.37. The van der Waals surface area contributed by atoms with Gasteiger partial charge in [0.25, 0.3) is 5.91 Å². The number of halogens is 2. The van der Waals surface area contributed by atoms with Crippen LogP contribution in [-0.2, 0) is 6.54 Å². The van der Waals surface area contributed by atoms with Gasteiger partial charge in [-0.15, -0.1) is 36.2 Å². The molecular formula is C14H24Cl2N4OS. The summed E-state index contributed by atoms with van der Waals surface area (Å²) < 4.78 is 0. The standard InChI is InChI=1S/C14H22N4OS.2ClH/c19-14(16-18-7-1-2-8-18)13-4-3-12(20-13)11-17-9-5-15-6-10-17;;/h3-4,15H,1-2,5-11H2,(H,16,19);2*1H. The zero-order valence-electron chi connectivity index (χ0n) is 12.5. The van der Waals surface area contributed by atoms with Crippen LogP contribution in [-0.4, -0.2) is 55.1 Å². The number of rotatable bonds is 4. The van der Waals surface area contributed by atoms with E-state index >= 15 is 0 Å². The lowest BCUT2D eigenvalue weighted by molar-refractivity contribution is 0.0830. The minimum Gasteiger partial charge on any atom is -0.314 e. The molecule has 8 heteroatoms. The zero-order valence-corrected chi connectivity index (χ0v) is 15.0. The molecule has 2 fully saturated rings. The highest BCUT2D eigenvalue weighted by molar-refractivity contribution is 7.14. The van der Waals surface area contributed by atoms with Crippen LogP contribution in [0.25, 0.3) is 0 Å². The molecule has 22 heavy (non-hydrogen) atoms. The van der Waals surface area contributed by atoms with Gasteiger partial charge in [0, 0.05) is 50.7 Å². The summed E-state index contributed by atoms with van der Waals surface area (Å²) in [7, 11) is 0. The van der Waals surface area contributed by atoms with Crippen molar-refractivity contribution in [2.75, 3.05) is 39.3 Å². The molecular weight excluding hydrogens is 343 g/mol. The minimum atomic E-state index is 0. The maximum Gasteiger partial charge on any atom is 0.275 e. The van der Waals surface area contributed by atoms with Crippen molar-refractivity contribution in [3.05, 3.63) is 21.9 Å². The van der Waals surface area contributed by atoms with Crippen LogP contribution in [0.2, 0.25) is 0 Å². The van der Waals surface area contributed by atoms with Crippen molar-refractivity contribution in [3.8, 4) is 0 Å². The largest absolute Gasteiger partial charge is 0.314 e. The number of piperazine rings is 1. The molecule has 0 unspecified atom stereocenters. The molecule has 3 heterocycles. The maximum atomic E-state index is 12.1. The lowest BCUT2D eigenvalue weighted by atomic mass is 10.3. The van der Waals surface area contributed by atoms with Crippen LogP contribution in [0.4, 0.5) is 0 Å². The van der Waals surface area contributed by atoms with E-state index in [1.165, 1.54) is 17.7 Å². The van der Waals surface area contributed by atoms with E-state index in [0.717, 1.165) is 50.7 Å². The van der Waals surface area contributed by atoms with Crippen LogP contribution < -0.4 is 10.7 Å². The van der Waals surface area contributed by atoms with E-state index in [4.69, 9.17) is 0 Å². The Morgan fingerprint density at radius 3 is 2.50 bits per heavy atom. The first-order valence-corrected chi connectivity index (χ1v) is 8.20. The van der Waals surface area contributed by atoms with Crippen LogP contribution in [0.1, 0.15) is 27.4 Å². The van der Waals surface area contributed by atoms with Crippen molar-refractivity contribution in [3.63, 3.8) is 0 Å². The second kappa shape index (κ2) is 9.70. The molecule has 5 nitrogen and oxygen atoms in total. The van der Waals surface area contributed by atoms with Crippen molar-refractivity contribution in [1.82, 2.24) is 20.7 Å². The highest BCUT2D eigenvalue weighted by atomic mass is 35.5. The molecule has 1 aromatic rings. The molecule has 0 bridgehead atoms. The first-order chi connectivity index (χ1) is 9.81. The fraction of sp³-hybridized carbons (Fsp3) is 0.643. The molecule has 2 aliphatic rings. The molecule has 0 atom stereocenters. The fourth-order valence-corrected chi connectivity index (χ4v) is 3.64. The van der Waals surface area contributed by atoms with Crippen LogP contribution in [0, 0.1) is 0 Å². The molecule has 0 spiro atoms. The van der Waals surface area contributed by atoms with Gasteiger partial charge >= 0.3 is 0 Å². The second-order valence-corrected chi connectivity index (χ2v) is 6.60. The van der Waals surface area contributed by atoms with E-state index in [-0.39, 0.29) is 30.7 Å². The minimum absolute atomic E-state index is 0. The number of nitrogens with one attached hydrogen (secondary N) is 2. The summed E-state index contributed by atoms with van der Waals surface area (Å²) in [6.07, 6.45) is 2.36. The first kappa shape index (κ1) is 19.7. The SMILES string of the molecule is Cl.Cl.O=C(NN1CCCC1)c1ccc(CN2CCNCC2)s1. The Labute approximate surface area is 148 Å². The summed E-state index contributed by atoms with van der Waals surface area (Å²) >= 11 is 1.62. The predicted octanol–water partition coefficient (Wildman–Crippen LogP) is 1.74. The number of amides is 1. The summed E-state index contributed by atoms with van der Waals surface area (Å²) in [4.78, 5) is 16.7. The quantitative estimate of drug-likeness (QED) is 0.851. The van der Waals surface area contributed by atoms with E-state index in [2.05, 4.69) is 21.7 Å². The van der Waals surface area contributed by atoms with E-state index in [9.17, 15) is 4.79 Å². The summed E-state index contributed by atoms with van der Waals surface area (Å²) in [5.74, 6) is 0.0449. The van der Waals surface area contributed by atoms with Crippen molar-refractivity contribution in [2.24, 2.45) is 0 Å². The molecule has 1 aromatic heterocycles. The fourth-order valence-electron chi connectivity index (χ4n) is 2.70. The van der Waals surface area contributed by atoms with E-state index in [1.54, 1.807) is 11.3 Å². The average molecular weight is 367 g/mol. The van der Waals surface area contributed by atoms with E-state index in [1.807, 2.05) is 11.1 Å². The lowest BCUT2D eigenvalue weighted by Gasteiger charge is -2.26. The second-order valence-electron chi connectivity index (χ2n) is 5.43. The van der Waals surface area contributed by atoms with Gasteiger partial charge in [0.15, 0.2) is 0 Å². The zero-order chi connectivity index (χ0) is 13.8. The summed E-state index contributed by atoms with van der Waals surface area (Å²) in [5, 5.41) is 5.38. The number of hydrogen-bond acceptors (Lipinski definition) is 5. The van der Waals surface area contributed by atoms with Crippen molar-refractivity contribution in [2.45, 2.75) is 19.4 Å². The van der Waals surface area contributed by atoms with Gasteiger partial charge in [0.2, 0.25) is 0 Å². The molecule has 126 valence electrons. The van der Waals surface area contributed by atoms with Gasteiger partial charge in [0.05, 0.1) is 4.88 Å². The molecule has 2 N–H and O–H groups in total. The lowest BCUT2D eigenvalue weighted by Crippen LogP contribution is -2.42. The smallest absolute Gasteiger partial charge is 0.275 e. The maximum absolute atomic E-state index is 12.1. The van der Waals surface area contributed by atoms with Gasteiger partial charge in [-0.3, -0.25) is 15.1 Å². The number of carbonyl (C=O) groups excluding carboxylic acids is 1. The molecule has 0 saturated carbocycles. The molecule has 2 aliphatic heterocycles. The molecule has 2 saturated heterocycles. The number of thiophene rings is 1. The number of hydrazine groups is 1. The Hall–Kier alpha value is -0.370. The van der Waals surface area contributed by atoms with Crippen LogP contribution in [0.3, 0.4) is 0 Å². The van der Waals surface area contributed by atoms with Crippen LogP contribution >= 0.6 is 36.2 Å². The third-order valence-electron chi connectivity index (χ3n) is 3.84. The number of nitrogens with zero attached hydrogens (tertiary/aromatic N) is 2. The van der Waals surface area contributed by atoms with Gasteiger partial charge in [0.1, 0.15) is 0 Å². The monoisotopic (exact) mass is 366 g/mol. The Kier molecular flexibility index (Phi) is 8.67. The summed E-state index contributed by atoms with van der Waals surface area (Å²) in [6.45, 7) is 7.22. The van der Waals surface area contributed by atoms with Crippen LogP contribution in [0.5, 0.6) is 0 Å². The van der Waals surface area contributed by atoms with E-state index in [0.29, 0.717) is 0 Å². The van der Waals surface area contributed by atoms with Gasteiger partial charge < -0.3 is 5.32 Å². The third-order valence-corrected chi connectivity index (χ3v) is 4.91. The Balaban J connectivity index is 0.00000121. The van der Waals surface area contributed by atoms with Crippen LogP contribution in [0.15, 0.2) is 12.1 Å². The first-order valence-electron chi connectivity index (χ1n) is 7.39. The van der Waals surface area contributed by atoms with Gasteiger partial charge in [-0.25, -0.2) is 5.01 Å². The molecule has 0 radical (unpaired) electrons. The van der Waals surface area contributed by atoms with Crippen molar-refractivity contribution < 1.29 is 4.79 Å². The molecule has 0 aromatic carbocycles. The highest BCUT2D eigenvalue weighted by Crippen LogP contribution is 2.19. The Morgan fingerprint density at radius 1 is 1.14 bits per heavy atom. The highest BCUT2D eigenvalue weighted by Gasteiger charge is 2.17. The Bertz CT molecular complexity index is 459. The number of carbonyl (C=O) groups is 1. The number of hydrogen-bond donors (Lipinski definition) is 2. The predicted molar refractivity (Wildman–Crippen MR) is 95.2 cm³/mol. The summed E-state index contributed by atoms with van der Waals surface area (Å²) in [6, 6.07) is 4.04. The van der Waals surface area contributed by atoms with Gasteiger partial charge in [-0.1, -0.05) is 0 Å².